The zero-order valence-electron chi connectivity index (χ0n) is 15.9. The molecule has 1 saturated carbocycles. The first-order chi connectivity index (χ1) is 12.5. The van der Waals surface area contributed by atoms with Crippen molar-refractivity contribution >= 4 is 23.5 Å². The van der Waals surface area contributed by atoms with Crippen molar-refractivity contribution in [3.05, 3.63) is 46.1 Å². The number of nitrogens with one attached hydrogen (secondary N) is 1. The van der Waals surface area contributed by atoms with Crippen molar-refractivity contribution in [2.24, 2.45) is 11.8 Å². The lowest BCUT2D eigenvalue weighted by Gasteiger charge is -2.21. The van der Waals surface area contributed by atoms with Crippen LogP contribution in [-0.2, 0) is 4.74 Å². The van der Waals surface area contributed by atoms with Crippen LogP contribution in [0, 0.1) is 23.5 Å². The van der Waals surface area contributed by atoms with Gasteiger partial charge in [-0.25, -0.2) is 13.6 Å². The average molecular weight is 400 g/mol. The Labute approximate surface area is 162 Å². The van der Waals surface area contributed by atoms with E-state index in [1.807, 2.05) is 6.92 Å². The molecule has 4 nitrogen and oxygen atoms in total. The van der Waals surface area contributed by atoms with Gasteiger partial charge in [0.25, 0.3) is 0 Å². The molecule has 1 amide bonds. The normalized spacial score (nSPS) is 16.0. The molecule has 2 rings (SSSR count). The molecule has 0 unspecified atom stereocenters. The highest BCUT2D eigenvalue weighted by Gasteiger charge is 2.36. The molecule has 0 aliphatic heterocycles. The quantitative estimate of drug-likeness (QED) is 0.497. The van der Waals surface area contributed by atoms with Crippen molar-refractivity contribution < 1.29 is 23.1 Å². The second-order valence-electron chi connectivity index (χ2n) is 7.67. The molecule has 1 aliphatic rings. The van der Waals surface area contributed by atoms with E-state index < -0.39 is 34.7 Å². The molecule has 0 heterocycles. The molecule has 1 atom stereocenters. The Morgan fingerprint density at radius 3 is 2.30 bits per heavy atom. The molecule has 1 aromatic rings. The maximum atomic E-state index is 14.2. The van der Waals surface area contributed by atoms with E-state index in [9.17, 15) is 18.4 Å². The molecule has 1 fully saturated rings. The third kappa shape index (κ3) is 5.76. The molecular formula is C20H24ClF2NO3. The molecule has 1 aromatic carbocycles. The van der Waals surface area contributed by atoms with E-state index in [1.165, 1.54) is 6.20 Å². The number of carbonyl (C=O) groups is 2. The van der Waals surface area contributed by atoms with Crippen LogP contribution < -0.4 is 5.32 Å². The van der Waals surface area contributed by atoms with Crippen molar-refractivity contribution in [1.82, 2.24) is 5.32 Å². The van der Waals surface area contributed by atoms with Crippen molar-refractivity contribution in [1.29, 1.82) is 0 Å². The molecular weight excluding hydrogens is 376 g/mol. The van der Waals surface area contributed by atoms with E-state index in [4.69, 9.17) is 16.3 Å². The Morgan fingerprint density at radius 1 is 1.30 bits per heavy atom. The fourth-order valence-corrected chi connectivity index (χ4v) is 3.19. The van der Waals surface area contributed by atoms with Crippen LogP contribution in [0.25, 0.3) is 0 Å². The lowest BCUT2D eigenvalue weighted by Crippen LogP contribution is -2.31. The Balaban J connectivity index is 2.37. The van der Waals surface area contributed by atoms with Crippen LogP contribution in [0.4, 0.5) is 13.6 Å². The number of amides is 1. The van der Waals surface area contributed by atoms with E-state index in [2.05, 4.69) is 5.32 Å². The van der Waals surface area contributed by atoms with Gasteiger partial charge in [-0.3, -0.25) is 10.1 Å². The SMILES string of the molecule is CC[C@H](C(=CNC(=O)OC(C)(C)C)C(=O)c1c(F)cc(Cl)cc1F)C1CC1. The second-order valence-corrected chi connectivity index (χ2v) is 8.11. The molecule has 7 heteroatoms. The van der Waals surface area contributed by atoms with Crippen LogP contribution in [0.2, 0.25) is 5.02 Å². The fourth-order valence-electron chi connectivity index (χ4n) is 2.99. The van der Waals surface area contributed by atoms with Crippen LogP contribution in [0.3, 0.4) is 0 Å². The van der Waals surface area contributed by atoms with Gasteiger partial charge in [0.2, 0.25) is 0 Å². The fraction of sp³-hybridized carbons (Fsp3) is 0.500. The summed E-state index contributed by atoms with van der Waals surface area (Å²) in [6, 6.07) is 1.80. The number of ether oxygens (including phenoxy) is 1. The van der Waals surface area contributed by atoms with E-state index in [0.29, 0.717) is 6.42 Å². The van der Waals surface area contributed by atoms with E-state index >= 15 is 0 Å². The van der Waals surface area contributed by atoms with Gasteiger partial charge in [0.1, 0.15) is 17.2 Å². The lowest BCUT2D eigenvalue weighted by atomic mass is 9.86. The van der Waals surface area contributed by atoms with Crippen molar-refractivity contribution in [3.63, 3.8) is 0 Å². The van der Waals surface area contributed by atoms with E-state index in [1.54, 1.807) is 20.8 Å². The Hall–Kier alpha value is -1.95. The number of rotatable bonds is 6. The predicted molar refractivity (Wildman–Crippen MR) is 99.7 cm³/mol. The van der Waals surface area contributed by atoms with Gasteiger partial charge >= 0.3 is 6.09 Å². The van der Waals surface area contributed by atoms with Gasteiger partial charge in [-0.05, 0) is 64.0 Å². The molecule has 27 heavy (non-hydrogen) atoms. The molecule has 0 aromatic heterocycles. The topological polar surface area (TPSA) is 55.4 Å². The smallest absolute Gasteiger partial charge is 0.411 e. The van der Waals surface area contributed by atoms with Gasteiger partial charge in [0, 0.05) is 16.8 Å². The second kappa shape index (κ2) is 8.38. The molecule has 0 bridgehead atoms. The summed E-state index contributed by atoms with van der Waals surface area (Å²) in [5, 5.41) is 2.29. The predicted octanol–water partition coefficient (Wildman–Crippen LogP) is 5.65. The maximum Gasteiger partial charge on any atom is 0.411 e. The zero-order chi connectivity index (χ0) is 20.4. The summed E-state index contributed by atoms with van der Waals surface area (Å²) in [7, 11) is 0. The molecule has 0 saturated heterocycles. The van der Waals surface area contributed by atoms with Gasteiger partial charge in [-0.15, -0.1) is 0 Å². The van der Waals surface area contributed by atoms with Gasteiger partial charge in [0.15, 0.2) is 5.78 Å². The molecule has 1 aliphatic carbocycles. The third-order valence-electron chi connectivity index (χ3n) is 4.27. The van der Waals surface area contributed by atoms with E-state index in [0.717, 1.165) is 25.0 Å². The minimum absolute atomic E-state index is 0.131. The minimum atomic E-state index is -1.03. The first kappa shape index (κ1) is 21.4. The molecule has 148 valence electrons. The zero-order valence-corrected chi connectivity index (χ0v) is 16.6. The Bertz CT molecular complexity index is 744. The number of alkyl carbamates (subject to hydrolysis) is 1. The van der Waals surface area contributed by atoms with Crippen LogP contribution in [-0.4, -0.2) is 17.5 Å². The standard InChI is InChI=1S/C20H24ClF2NO3/c1-5-13(11-6-7-11)14(10-24-19(26)27-20(2,3)4)18(25)17-15(22)8-12(21)9-16(17)23/h8-11,13H,5-7H2,1-4H3,(H,24,26)/t13-/m0/s1. The number of hydrogen-bond acceptors (Lipinski definition) is 3. The van der Waals surface area contributed by atoms with Crippen molar-refractivity contribution in [2.45, 2.75) is 52.6 Å². The summed E-state index contributed by atoms with van der Waals surface area (Å²) in [4.78, 5) is 24.9. The number of benzene rings is 1. The summed E-state index contributed by atoms with van der Waals surface area (Å²) >= 11 is 5.64. The number of carbonyl (C=O) groups excluding carboxylic acids is 2. The van der Waals surface area contributed by atoms with Crippen LogP contribution in [0.5, 0.6) is 0 Å². The number of Topliss-reactive ketones (excluding diaryl/α,β-unsaturated/α-hetero) is 1. The molecule has 0 radical (unpaired) electrons. The summed E-state index contributed by atoms with van der Waals surface area (Å²) in [6.45, 7) is 7.02. The maximum absolute atomic E-state index is 14.2. The summed E-state index contributed by atoms with van der Waals surface area (Å²) in [6.07, 6.45) is 2.95. The summed E-state index contributed by atoms with van der Waals surface area (Å²) < 4.78 is 33.6. The summed E-state index contributed by atoms with van der Waals surface area (Å²) in [5.74, 6) is -2.81. The molecule has 1 N–H and O–H groups in total. The number of ketones is 1. The minimum Gasteiger partial charge on any atom is -0.444 e. The van der Waals surface area contributed by atoms with Gasteiger partial charge < -0.3 is 4.74 Å². The summed E-state index contributed by atoms with van der Waals surface area (Å²) in [5.41, 5.74) is -1.22. The van der Waals surface area contributed by atoms with Crippen molar-refractivity contribution in [2.75, 3.05) is 0 Å². The third-order valence-corrected chi connectivity index (χ3v) is 4.49. The highest BCUT2D eigenvalue weighted by atomic mass is 35.5. The van der Waals surface area contributed by atoms with Gasteiger partial charge in [-0.2, -0.15) is 0 Å². The number of allylic oxidation sites excluding steroid dienone is 1. The van der Waals surface area contributed by atoms with Crippen LogP contribution in [0.15, 0.2) is 23.9 Å². The Morgan fingerprint density at radius 2 is 1.85 bits per heavy atom. The lowest BCUT2D eigenvalue weighted by molar-refractivity contribution is 0.0551. The largest absolute Gasteiger partial charge is 0.444 e. The highest BCUT2D eigenvalue weighted by Crippen LogP contribution is 2.43. The monoisotopic (exact) mass is 399 g/mol. The van der Waals surface area contributed by atoms with Crippen molar-refractivity contribution in [3.8, 4) is 0 Å². The first-order valence-electron chi connectivity index (χ1n) is 8.92. The van der Waals surface area contributed by atoms with Crippen LogP contribution in [0.1, 0.15) is 57.3 Å². The number of hydrogen-bond donors (Lipinski definition) is 1. The van der Waals surface area contributed by atoms with Gasteiger partial charge in [-0.1, -0.05) is 18.5 Å². The average Bonchev–Trinajstić information content (AvgIpc) is 3.33. The van der Waals surface area contributed by atoms with Gasteiger partial charge in [0.05, 0.1) is 5.56 Å². The number of halogens is 3. The van der Waals surface area contributed by atoms with E-state index in [-0.39, 0.29) is 22.4 Å². The Kier molecular flexibility index (Phi) is 6.63. The first-order valence-corrected chi connectivity index (χ1v) is 9.30. The molecule has 0 spiro atoms. The van der Waals surface area contributed by atoms with Crippen LogP contribution >= 0.6 is 11.6 Å². The highest BCUT2D eigenvalue weighted by molar-refractivity contribution is 6.30.